The van der Waals surface area contributed by atoms with Crippen molar-refractivity contribution in [3.05, 3.63) is 125 Å². The zero-order valence-electron chi connectivity index (χ0n) is 52.2. The van der Waals surface area contributed by atoms with Crippen LogP contribution in [-0.4, -0.2) is 51.8 Å². The number of carbonyl (C=O) groups is 3. The first-order valence-corrected chi connectivity index (χ1v) is 31.4. The van der Waals surface area contributed by atoms with Gasteiger partial charge in [0.2, 0.25) is 0 Å². The largest absolute Gasteiger partial charge is 0.462 e. The Balaban J connectivity index is 1.38. The Morgan fingerprint density at radius 3 is 1.44 bits per heavy atom. The minimum absolute atomic E-state index is 0.0766. The predicted octanol–water partition coefficient (Wildman–Crippen LogP) is 19.7. The Morgan fingerprint density at radius 1 is 0.544 bits per heavy atom. The second kappa shape index (κ2) is 36.2. The van der Waals surface area contributed by atoms with E-state index in [2.05, 4.69) is 97.6 Å². The average Bonchev–Trinajstić information content (AvgIpc) is 4.03. The molecule has 7 nitrogen and oxygen atoms in total. The van der Waals surface area contributed by atoms with Gasteiger partial charge in [-0.3, -0.25) is 14.4 Å². The molecule has 0 amide bonds. The molecule has 5 atom stereocenters. The summed E-state index contributed by atoms with van der Waals surface area (Å²) in [6, 6.07) is 0. The van der Waals surface area contributed by atoms with Crippen molar-refractivity contribution in [3.8, 4) is 0 Å². The van der Waals surface area contributed by atoms with Crippen molar-refractivity contribution < 1.29 is 33.7 Å². The summed E-state index contributed by atoms with van der Waals surface area (Å²) in [5, 5.41) is 11.6. The van der Waals surface area contributed by atoms with Gasteiger partial charge in [-0.2, -0.15) is 0 Å². The van der Waals surface area contributed by atoms with Crippen molar-refractivity contribution in [3.63, 3.8) is 0 Å². The molecule has 3 aliphatic rings. The Hall–Kier alpha value is -4.29. The minimum Gasteiger partial charge on any atom is -0.462 e. The first-order chi connectivity index (χ1) is 37.6. The Morgan fingerprint density at radius 2 is 0.975 bits per heavy atom. The molecule has 0 aromatic heterocycles. The molecule has 0 radical (unpaired) electrons. The van der Waals surface area contributed by atoms with Crippen LogP contribution in [0.25, 0.3) is 0 Å². The van der Waals surface area contributed by atoms with Crippen molar-refractivity contribution in [2.75, 3.05) is 0 Å². The number of unbranched alkanes of at least 4 members (excludes halogenated alkanes) is 18. The third-order valence-electron chi connectivity index (χ3n) is 16.7. The molecular weight excluding hydrogens is 977 g/mol. The standard InChI is InChI=1S/C72H112O7/c1-13-15-17-19-21-23-25-27-29-31-33-35-37-49-66(74)77-62-53-68(7,8)65(70(11,76)55-62)52-51-60(5)46-41-45-58(3)43-39-40-44-59(4)47-42-48-61(6)64(73)57-72-69(9,10)54-63(56-71(72,12)79-72)78-67(75)50-38-36-34-32-30-28-26-24-22-20-18-16-14-2/h23-26,39-48,51,62-63,76H,13-22,27-38,49-50,53-57H2,1-12H3/b25-23+,26-24+,40-39+,45-41+,47-42+,58-43+,59-44+,60-46+,61-48+/t52?,62-,63-,70+,71+,72-/m0/s1. The molecule has 7 heteroatoms. The maximum atomic E-state index is 13.6. The van der Waals surface area contributed by atoms with Crippen LogP contribution >= 0.6 is 0 Å². The van der Waals surface area contributed by atoms with Gasteiger partial charge in [0.25, 0.3) is 0 Å². The van der Waals surface area contributed by atoms with E-state index in [-0.39, 0.29) is 40.8 Å². The lowest BCUT2D eigenvalue weighted by Gasteiger charge is -2.44. The molecule has 79 heavy (non-hydrogen) atoms. The highest BCUT2D eigenvalue weighted by atomic mass is 16.6. The van der Waals surface area contributed by atoms with Gasteiger partial charge in [0.15, 0.2) is 5.78 Å². The summed E-state index contributed by atoms with van der Waals surface area (Å²) in [6.45, 7) is 24.9. The summed E-state index contributed by atoms with van der Waals surface area (Å²) in [5.41, 5.74) is 5.21. The molecule has 1 N–H and O–H groups in total. The van der Waals surface area contributed by atoms with Crippen LogP contribution in [0.1, 0.15) is 269 Å². The molecule has 3 rings (SSSR count). The molecular formula is C72H112O7. The number of hydrogen-bond acceptors (Lipinski definition) is 7. The number of Topliss-reactive ketones (excluding diaryl/α,β-unsaturated/α-hetero) is 1. The number of esters is 2. The summed E-state index contributed by atoms with van der Waals surface area (Å²) in [4.78, 5) is 39.3. The highest BCUT2D eigenvalue weighted by Gasteiger charge is 2.76. The molecule has 1 saturated heterocycles. The number of allylic oxidation sites excluding steroid dienone is 18. The molecule has 1 heterocycles. The van der Waals surface area contributed by atoms with Crippen LogP contribution in [0, 0.1) is 10.8 Å². The van der Waals surface area contributed by atoms with Crippen molar-refractivity contribution in [1.82, 2.24) is 0 Å². The second-order valence-electron chi connectivity index (χ2n) is 25.4. The summed E-state index contributed by atoms with van der Waals surface area (Å²) in [7, 11) is 0. The highest BCUT2D eigenvalue weighted by molar-refractivity contribution is 5.96. The molecule has 1 aliphatic heterocycles. The topological polar surface area (TPSA) is 102 Å². The third-order valence-corrected chi connectivity index (χ3v) is 16.7. The third kappa shape index (κ3) is 26.0. The van der Waals surface area contributed by atoms with Gasteiger partial charge in [0.05, 0.1) is 11.2 Å². The lowest BCUT2D eigenvalue weighted by Crippen LogP contribution is -2.49. The number of carbonyl (C=O) groups excluding carboxylic acids is 3. The zero-order chi connectivity index (χ0) is 58.2. The molecule has 3 fully saturated rings. The van der Waals surface area contributed by atoms with Crippen LogP contribution in [-0.2, 0) is 28.6 Å². The van der Waals surface area contributed by atoms with Crippen LogP contribution in [0.4, 0.5) is 0 Å². The number of ketones is 1. The fourth-order valence-electron chi connectivity index (χ4n) is 12.0. The first kappa shape index (κ1) is 69.0. The Bertz CT molecular complexity index is 2210. The van der Waals surface area contributed by atoms with E-state index in [1.807, 2.05) is 82.4 Å². The van der Waals surface area contributed by atoms with E-state index in [4.69, 9.17) is 14.2 Å². The summed E-state index contributed by atoms with van der Waals surface area (Å²) in [5.74, 6) is -0.200. The quantitative estimate of drug-likeness (QED) is 0.0125. The van der Waals surface area contributed by atoms with Gasteiger partial charge in [0, 0.05) is 43.1 Å². The number of ether oxygens (including phenoxy) is 3. The fraction of sp³-hybridized carbons (Fsp3) is 0.667. The molecule has 0 aromatic rings. The zero-order valence-corrected chi connectivity index (χ0v) is 52.2. The number of fused-ring (bicyclic) bond motifs is 1. The van der Waals surface area contributed by atoms with Crippen LogP contribution in [0.5, 0.6) is 0 Å². The van der Waals surface area contributed by atoms with Crippen LogP contribution < -0.4 is 0 Å². The van der Waals surface area contributed by atoms with Crippen LogP contribution in [0.2, 0.25) is 0 Å². The number of rotatable bonds is 38. The molecule has 2 aliphatic carbocycles. The smallest absolute Gasteiger partial charge is 0.306 e. The summed E-state index contributed by atoms with van der Waals surface area (Å²) in [6.07, 6.45) is 60.5. The number of aliphatic hydroxyl groups is 1. The average molecular weight is 1090 g/mol. The van der Waals surface area contributed by atoms with E-state index in [0.29, 0.717) is 50.5 Å². The van der Waals surface area contributed by atoms with E-state index in [0.717, 1.165) is 73.7 Å². The van der Waals surface area contributed by atoms with Crippen molar-refractivity contribution in [1.29, 1.82) is 0 Å². The lowest BCUT2D eigenvalue weighted by atomic mass is 9.61. The van der Waals surface area contributed by atoms with Crippen LogP contribution in [0.15, 0.2) is 125 Å². The van der Waals surface area contributed by atoms with E-state index in [1.54, 1.807) is 0 Å². The minimum atomic E-state index is -1.13. The van der Waals surface area contributed by atoms with Gasteiger partial charge in [-0.25, -0.2) is 0 Å². The normalized spacial score (nSPS) is 24.5. The van der Waals surface area contributed by atoms with Gasteiger partial charge < -0.3 is 19.3 Å². The Labute approximate surface area is 483 Å². The SMILES string of the molecule is CCCCCC/C=C/CCCCCCCC(=O)O[C@H]1CC(C)(C)[C@]2(CC(=O)/C(C)=C/C=C/C(C)=C/C=C/C=C(C)/C=C/C=C(\C)C=C=C3C(C)(C)C[C@H](OC(=O)CCCCCCC/C=C/CCCCCC)C[C@@]3(C)O)O[C@]2(C)C1. The van der Waals surface area contributed by atoms with E-state index < -0.39 is 16.8 Å². The van der Waals surface area contributed by atoms with E-state index >= 15 is 0 Å². The summed E-state index contributed by atoms with van der Waals surface area (Å²) >= 11 is 0. The number of epoxide rings is 1. The van der Waals surface area contributed by atoms with Gasteiger partial charge >= 0.3 is 11.9 Å². The molecule has 0 spiro atoms. The number of hydrogen-bond donors (Lipinski definition) is 1. The van der Waals surface area contributed by atoms with Gasteiger partial charge in [-0.15, -0.1) is 5.73 Å². The second-order valence-corrected chi connectivity index (χ2v) is 25.4. The molecule has 0 bridgehead atoms. The van der Waals surface area contributed by atoms with Crippen molar-refractivity contribution in [2.45, 2.75) is 298 Å². The maximum Gasteiger partial charge on any atom is 0.306 e. The Kier molecular flexibility index (Phi) is 31.6. The van der Waals surface area contributed by atoms with Gasteiger partial charge in [-0.1, -0.05) is 215 Å². The first-order valence-electron chi connectivity index (χ1n) is 31.4. The predicted molar refractivity (Wildman–Crippen MR) is 333 cm³/mol. The van der Waals surface area contributed by atoms with Crippen molar-refractivity contribution >= 4 is 17.7 Å². The van der Waals surface area contributed by atoms with Gasteiger partial charge in [-0.05, 0) is 141 Å². The molecule has 0 unspecified atom stereocenters. The van der Waals surface area contributed by atoms with E-state index in [1.165, 1.54) is 89.9 Å². The lowest BCUT2D eigenvalue weighted by molar-refractivity contribution is -0.156. The van der Waals surface area contributed by atoms with Crippen LogP contribution in [0.3, 0.4) is 0 Å². The molecule has 442 valence electrons. The summed E-state index contributed by atoms with van der Waals surface area (Å²) < 4.78 is 18.5. The van der Waals surface area contributed by atoms with Gasteiger partial charge in [0.1, 0.15) is 17.8 Å². The maximum absolute atomic E-state index is 13.6. The fourth-order valence-corrected chi connectivity index (χ4v) is 12.0. The van der Waals surface area contributed by atoms with Crippen molar-refractivity contribution in [2.24, 2.45) is 10.8 Å². The monoisotopic (exact) mass is 1090 g/mol. The highest BCUT2D eigenvalue weighted by Crippen LogP contribution is 2.67. The molecule has 2 saturated carbocycles. The molecule has 0 aromatic carbocycles. The van der Waals surface area contributed by atoms with E-state index in [9.17, 15) is 19.5 Å².